The van der Waals surface area contributed by atoms with Crippen LogP contribution in [0, 0.1) is 0 Å². The van der Waals surface area contributed by atoms with E-state index in [4.69, 9.17) is 4.74 Å². The van der Waals surface area contributed by atoms with Gasteiger partial charge in [-0.3, -0.25) is 9.48 Å². The molecule has 0 atom stereocenters. The minimum atomic E-state index is 0.137. The molecule has 0 spiro atoms. The molecule has 0 saturated carbocycles. The van der Waals surface area contributed by atoms with E-state index in [-0.39, 0.29) is 5.78 Å². The molecule has 0 aliphatic carbocycles. The number of ketones is 1. The molecule has 4 nitrogen and oxygen atoms in total. The molecule has 2 rings (SSSR count). The van der Waals surface area contributed by atoms with Crippen LogP contribution in [0.4, 0.5) is 0 Å². The van der Waals surface area contributed by atoms with E-state index < -0.39 is 0 Å². The van der Waals surface area contributed by atoms with Crippen LogP contribution in [0.3, 0.4) is 0 Å². The number of hydrogen-bond donors (Lipinski definition) is 0. The van der Waals surface area contributed by atoms with Gasteiger partial charge in [0.2, 0.25) is 0 Å². The zero-order valence-electron chi connectivity index (χ0n) is 10.6. The van der Waals surface area contributed by atoms with Crippen LogP contribution in [0.15, 0.2) is 36.5 Å². The van der Waals surface area contributed by atoms with Gasteiger partial charge < -0.3 is 4.74 Å². The monoisotopic (exact) mass is 244 g/mol. The first-order valence-corrected chi connectivity index (χ1v) is 5.81. The Morgan fingerprint density at radius 2 is 2.06 bits per heavy atom. The van der Waals surface area contributed by atoms with E-state index in [0.29, 0.717) is 12.8 Å². The van der Waals surface area contributed by atoms with Gasteiger partial charge in [-0.25, -0.2) is 0 Å². The second-order valence-corrected chi connectivity index (χ2v) is 4.18. The van der Waals surface area contributed by atoms with Crippen LogP contribution in [0.1, 0.15) is 11.3 Å². The van der Waals surface area contributed by atoms with E-state index in [1.54, 1.807) is 11.8 Å². The summed E-state index contributed by atoms with van der Waals surface area (Å²) in [7, 11) is 3.45. The van der Waals surface area contributed by atoms with Crippen molar-refractivity contribution in [1.82, 2.24) is 9.78 Å². The number of Topliss-reactive ketones (excluding diaryl/α,β-unsaturated/α-hetero) is 1. The summed E-state index contributed by atoms with van der Waals surface area (Å²) in [6.07, 6.45) is 2.57. The van der Waals surface area contributed by atoms with Gasteiger partial charge in [0.15, 0.2) is 0 Å². The lowest BCUT2D eigenvalue weighted by atomic mass is 10.0. The van der Waals surface area contributed by atoms with E-state index >= 15 is 0 Å². The smallest absolute Gasteiger partial charge is 0.143 e. The van der Waals surface area contributed by atoms with Gasteiger partial charge in [0.05, 0.1) is 19.2 Å². The topological polar surface area (TPSA) is 44.1 Å². The Morgan fingerprint density at radius 1 is 1.28 bits per heavy atom. The molecular weight excluding hydrogens is 228 g/mol. The van der Waals surface area contributed by atoms with E-state index in [0.717, 1.165) is 17.0 Å². The maximum atomic E-state index is 12.0. The van der Waals surface area contributed by atoms with Gasteiger partial charge in [0.25, 0.3) is 0 Å². The van der Waals surface area contributed by atoms with Gasteiger partial charge in [0.1, 0.15) is 11.5 Å². The van der Waals surface area contributed by atoms with Gasteiger partial charge in [-0.05, 0) is 12.1 Å². The summed E-state index contributed by atoms with van der Waals surface area (Å²) in [4.78, 5) is 12.0. The normalized spacial score (nSPS) is 10.3. The number of benzene rings is 1. The molecule has 0 saturated heterocycles. The third-order valence-corrected chi connectivity index (χ3v) is 2.73. The molecular formula is C14H16N2O2. The number of para-hydroxylation sites is 1. The second kappa shape index (κ2) is 5.49. The van der Waals surface area contributed by atoms with Crippen molar-refractivity contribution < 1.29 is 9.53 Å². The Hall–Kier alpha value is -2.10. The average molecular weight is 244 g/mol. The summed E-state index contributed by atoms with van der Waals surface area (Å²) in [6, 6.07) is 9.44. The van der Waals surface area contributed by atoms with Crippen molar-refractivity contribution in [3.05, 3.63) is 47.8 Å². The Kier molecular flexibility index (Phi) is 3.77. The average Bonchev–Trinajstić information content (AvgIpc) is 2.75. The van der Waals surface area contributed by atoms with Crippen molar-refractivity contribution in [3.8, 4) is 5.75 Å². The van der Waals surface area contributed by atoms with Crippen LogP contribution in [0.25, 0.3) is 0 Å². The fourth-order valence-corrected chi connectivity index (χ4v) is 1.88. The highest BCUT2D eigenvalue weighted by molar-refractivity contribution is 5.83. The van der Waals surface area contributed by atoms with E-state index in [2.05, 4.69) is 5.10 Å². The van der Waals surface area contributed by atoms with Crippen LogP contribution in [-0.4, -0.2) is 22.7 Å². The van der Waals surface area contributed by atoms with Gasteiger partial charge in [-0.15, -0.1) is 0 Å². The Balaban J connectivity index is 2.03. The number of nitrogens with zero attached hydrogens (tertiary/aromatic N) is 2. The maximum absolute atomic E-state index is 12.0. The summed E-state index contributed by atoms with van der Waals surface area (Å²) < 4.78 is 6.93. The summed E-state index contributed by atoms with van der Waals surface area (Å²) in [6.45, 7) is 0. The van der Waals surface area contributed by atoms with Crippen LogP contribution < -0.4 is 4.74 Å². The summed E-state index contributed by atoms with van der Waals surface area (Å²) in [5.41, 5.74) is 1.72. The predicted molar refractivity (Wildman–Crippen MR) is 68.6 cm³/mol. The molecule has 0 N–H and O–H groups in total. The largest absolute Gasteiger partial charge is 0.496 e. The lowest BCUT2D eigenvalue weighted by Crippen LogP contribution is -2.08. The molecule has 1 aromatic heterocycles. The zero-order valence-corrected chi connectivity index (χ0v) is 10.6. The number of rotatable bonds is 5. The highest BCUT2D eigenvalue weighted by Gasteiger charge is 2.10. The van der Waals surface area contributed by atoms with Gasteiger partial charge in [-0.2, -0.15) is 5.10 Å². The Morgan fingerprint density at radius 3 is 2.72 bits per heavy atom. The fraction of sp³-hybridized carbons (Fsp3) is 0.286. The molecule has 4 heteroatoms. The molecule has 2 aromatic rings. The van der Waals surface area contributed by atoms with Crippen molar-refractivity contribution in [2.24, 2.45) is 7.05 Å². The number of hydrogen-bond acceptors (Lipinski definition) is 3. The minimum absolute atomic E-state index is 0.137. The Labute approximate surface area is 106 Å². The first-order valence-electron chi connectivity index (χ1n) is 5.81. The number of methoxy groups -OCH3 is 1. The maximum Gasteiger partial charge on any atom is 0.143 e. The van der Waals surface area contributed by atoms with E-state index in [9.17, 15) is 4.79 Å². The molecule has 0 aliphatic heterocycles. The SMILES string of the molecule is COc1ccccc1CC(=O)Cc1ccn(C)n1. The molecule has 0 bridgehead atoms. The summed E-state index contributed by atoms with van der Waals surface area (Å²) in [5.74, 6) is 0.894. The number of carbonyl (C=O) groups is 1. The van der Waals surface area contributed by atoms with Gasteiger partial charge in [0, 0.05) is 25.2 Å². The molecule has 18 heavy (non-hydrogen) atoms. The first kappa shape index (κ1) is 12.4. The highest BCUT2D eigenvalue weighted by atomic mass is 16.5. The molecule has 0 unspecified atom stereocenters. The van der Waals surface area contributed by atoms with Gasteiger partial charge in [-0.1, -0.05) is 18.2 Å². The zero-order chi connectivity index (χ0) is 13.0. The third-order valence-electron chi connectivity index (χ3n) is 2.73. The molecule has 0 fully saturated rings. The number of carbonyl (C=O) groups excluding carboxylic acids is 1. The van der Waals surface area contributed by atoms with Crippen molar-refractivity contribution in [2.45, 2.75) is 12.8 Å². The molecule has 94 valence electrons. The van der Waals surface area contributed by atoms with Crippen molar-refractivity contribution in [3.63, 3.8) is 0 Å². The van der Waals surface area contributed by atoms with Crippen LogP contribution in [0.2, 0.25) is 0 Å². The third kappa shape index (κ3) is 2.97. The summed E-state index contributed by atoms with van der Waals surface area (Å²) >= 11 is 0. The van der Waals surface area contributed by atoms with E-state index in [1.165, 1.54) is 0 Å². The first-order chi connectivity index (χ1) is 8.69. The van der Waals surface area contributed by atoms with Crippen molar-refractivity contribution >= 4 is 5.78 Å². The highest BCUT2D eigenvalue weighted by Crippen LogP contribution is 2.18. The lowest BCUT2D eigenvalue weighted by molar-refractivity contribution is -0.117. The number of ether oxygens (including phenoxy) is 1. The van der Waals surface area contributed by atoms with Crippen LogP contribution >= 0.6 is 0 Å². The molecule has 0 amide bonds. The molecule has 0 aliphatic rings. The minimum Gasteiger partial charge on any atom is -0.496 e. The lowest BCUT2D eigenvalue weighted by Gasteiger charge is -2.06. The molecule has 1 heterocycles. The second-order valence-electron chi connectivity index (χ2n) is 4.18. The van der Waals surface area contributed by atoms with Gasteiger partial charge >= 0.3 is 0 Å². The number of aryl methyl sites for hydroxylation is 1. The standard InChI is InChI=1S/C14H16N2O2/c1-16-8-7-12(15-16)10-13(17)9-11-5-3-4-6-14(11)18-2/h3-8H,9-10H2,1-2H3. The Bertz CT molecular complexity index is 546. The fourth-order valence-electron chi connectivity index (χ4n) is 1.88. The quantitative estimate of drug-likeness (QED) is 0.805. The molecule has 1 aromatic carbocycles. The summed E-state index contributed by atoms with van der Waals surface area (Å²) in [5, 5.41) is 4.20. The van der Waals surface area contributed by atoms with E-state index in [1.807, 2.05) is 43.6 Å². The predicted octanol–water partition coefficient (Wildman–Crippen LogP) is 1.78. The van der Waals surface area contributed by atoms with Crippen LogP contribution in [-0.2, 0) is 24.7 Å². The van der Waals surface area contributed by atoms with Crippen molar-refractivity contribution in [2.75, 3.05) is 7.11 Å². The van der Waals surface area contributed by atoms with Crippen LogP contribution in [0.5, 0.6) is 5.75 Å². The van der Waals surface area contributed by atoms with Crippen molar-refractivity contribution in [1.29, 1.82) is 0 Å². The molecule has 0 radical (unpaired) electrons. The number of aromatic nitrogens is 2.